The van der Waals surface area contributed by atoms with Gasteiger partial charge < -0.3 is 9.47 Å². The van der Waals surface area contributed by atoms with E-state index in [0.29, 0.717) is 16.5 Å². The number of nitrogens with zero attached hydrogens (tertiary/aromatic N) is 3. The molecule has 0 saturated carbocycles. The Bertz CT molecular complexity index is 1790. The van der Waals surface area contributed by atoms with Crippen molar-refractivity contribution in [3.05, 3.63) is 107 Å². The molecule has 4 aromatic rings. The molecule has 214 valence electrons. The number of carbonyl (C=O) groups is 4. The third-order valence-electron chi connectivity index (χ3n) is 6.59. The van der Waals surface area contributed by atoms with Crippen LogP contribution in [0.4, 0.5) is 5.69 Å². The van der Waals surface area contributed by atoms with E-state index in [1.807, 2.05) is 18.2 Å². The Morgan fingerprint density at radius 3 is 2.47 bits per heavy atom. The predicted molar refractivity (Wildman–Crippen MR) is 160 cm³/mol. The van der Waals surface area contributed by atoms with Gasteiger partial charge in [0.05, 0.1) is 39.9 Å². The van der Waals surface area contributed by atoms with Crippen molar-refractivity contribution in [1.29, 1.82) is 5.26 Å². The fraction of sp³-hybridized carbons (Fsp3) is 0.125. The van der Waals surface area contributed by atoms with Crippen LogP contribution in [-0.4, -0.2) is 47.5 Å². The predicted octanol–water partition coefficient (Wildman–Crippen LogP) is 5.75. The second kappa shape index (κ2) is 12.9. The summed E-state index contributed by atoms with van der Waals surface area (Å²) < 4.78 is 10.6. The SMILES string of the molecule is COc1ccccc1-c1ccc(C#N)c(SC2CC(=O)N(c3ccc(C(=O)OCC(=O)c4ccccc4Cl)cc3)C2=O)n1. The van der Waals surface area contributed by atoms with Crippen LogP contribution >= 0.6 is 23.4 Å². The number of nitriles is 1. The van der Waals surface area contributed by atoms with Gasteiger partial charge in [-0.2, -0.15) is 5.26 Å². The number of esters is 1. The molecule has 11 heteroatoms. The summed E-state index contributed by atoms with van der Waals surface area (Å²) in [6, 6.07) is 24.9. The van der Waals surface area contributed by atoms with Gasteiger partial charge in [-0.15, -0.1) is 0 Å². The summed E-state index contributed by atoms with van der Waals surface area (Å²) in [5.74, 6) is -1.49. The number of ether oxygens (including phenoxy) is 2. The lowest BCUT2D eigenvalue weighted by molar-refractivity contribution is -0.121. The van der Waals surface area contributed by atoms with Crippen LogP contribution in [0.15, 0.2) is 90.0 Å². The first-order chi connectivity index (χ1) is 20.8. The van der Waals surface area contributed by atoms with E-state index in [-0.39, 0.29) is 33.8 Å². The second-order valence-corrected chi connectivity index (χ2v) is 10.9. The maximum atomic E-state index is 13.3. The largest absolute Gasteiger partial charge is 0.496 e. The number of halogens is 1. The van der Waals surface area contributed by atoms with Gasteiger partial charge >= 0.3 is 5.97 Å². The number of methoxy groups -OCH3 is 1. The molecule has 1 unspecified atom stereocenters. The fourth-order valence-electron chi connectivity index (χ4n) is 4.45. The molecule has 3 aromatic carbocycles. The van der Waals surface area contributed by atoms with E-state index in [9.17, 15) is 24.4 Å². The van der Waals surface area contributed by atoms with Crippen LogP contribution in [0.5, 0.6) is 5.75 Å². The Labute approximate surface area is 256 Å². The van der Waals surface area contributed by atoms with Crippen molar-refractivity contribution < 1.29 is 28.7 Å². The van der Waals surface area contributed by atoms with Gasteiger partial charge in [0.2, 0.25) is 17.6 Å². The number of aromatic nitrogens is 1. The smallest absolute Gasteiger partial charge is 0.338 e. The quantitative estimate of drug-likeness (QED) is 0.132. The Hall–Kier alpha value is -4.98. The molecular formula is C32H22ClN3O6S. The first-order valence-corrected chi connectivity index (χ1v) is 14.2. The molecule has 1 aromatic heterocycles. The third kappa shape index (κ3) is 6.28. The lowest BCUT2D eigenvalue weighted by Crippen LogP contribution is -2.31. The average Bonchev–Trinajstić information content (AvgIpc) is 3.31. The Kier molecular flexibility index (Phi) is 8.85. The van der Waals surface area contributed by atoms with E-state index < -0.39 is 35.4 Å². The van der Waals surface area contributed by atoms with Gasteiger partial charge in [0, 0.05) is 17.5 Å². The van der Waals surface area contributed by atoms with Crippen molar-refractivity contribution >= 4 is 52.6 Å². The molecule has 0 spiro atoms. The molecule has 0 bridgehead atoms. The molecule has 0 aliphatic carbocycles. The van der Waals surface area contributed by atoms with Crippen molar-refractivity contribution in [2.75, 3.05) is 18.6 Å². The normalized spacial score (nSPS) is 14.3. The van der Waals surface area contributed by atoms with Gasteiger partial charge in [0.15, 0.2) is 6.61 Å². The summed E-state index contributed by atoms with van der Waals surface area (Å²) in [7, 11) is 1.55. The number of Topliss-reactive ketones (excluding diaryl/α,β-unsaturated/α-hetero) is 1. The molecule has 0 N–H and O–H groups in total. The van der Waals surface area contributed by atoms with E-state index in [1.54, 1.807) is 43.5 Å². The summed E-state index contributed by atoms with van der Waals surface area (Å²) >= 11 is 7.07. The number of ketones is 1. The minimum Gasteiger partial charge on any atom is -0.496 e. The first kappa shape index (κ1) is 29.5. The number of carbonyl (C=O) groups excluding carboxylic acids is 4. The Balaban J connectivity index is 1.28. The molecule has 1 aliphatic rings. The molecule has 1 atom stereocenters. The lowest BCUT2D eigenvalue weighted by Gasteiger charge is -2.16. The highest BCUT2D eigenvalue weighted by Crippen LogP contribution is 2.37. The highest BCUT2D eigenvalue weighted by Gasteiger charge is 2.41. The molecule has 2 amide bonds. The van der Waals surface area contributed by atoms with Gasteiger partial charge in [0.1, 0.15) is 16.8 Å². The summed E-state index contributed by atoms with van der Waals surface area (Å²) in [6.45, 7) is -0.497. The zero-order valence-electron chi connectivity index (χ0n) is 22.7. The number of imide groups is 1. The zero-order valence-corrected chi connectivity index (χ0v) is 24.2. The highest BCUT2D eigenvalue weighted by molar-refractivity contribution is 8.00. The topological polar surface area (TPSA) is 127 Å². The Morgan fingerprint density at radius 2 is 1.74 bits per heavy atom. The van der Waals surface area contributed by atoms with E-state index >= 15 is 0 Å². The van der Waals surface area contributed by atoms with Gasteiger partial charge in [-0.1, -0.05) is 47.6 Å². The van der Waals surface area contributed by atoms with Crippen molar-refractivity contribution in [3.63, 3.8) is 0 Å². The van der Waals surface area contributed by atoms with Crippen LogP contribution in [0.2, 0.25) is 5.02 Å². The number of benzene rings is 3. The maximum absolute atomic E-state index is 13.3. The lowest BCUT2D eigenvalue weighted by atomic mass is 10.1. The van der Waals surface area contributed by atoms with Gasteiger partial charge in [-0.3, -0.25) is 14.4 Å². The van der Waals surface area contributed by atoms with E-state index in [1.165, 1.54) is 30.3 Å². The number of hydrogen-bond acceptors (Lipinski definition) is 9. The van der Waals surface area contributed by atoms with Crippen molar-refractivity contribution in [1.82, 2.24) is 4.98 Å². The van der Waals surface area contributed by atoms with Crippen molar-refractivity contribution in [3.8, 4) is 23.1 Å². The number of para-hydroxylation sites is 1. The molecule has 1 aliphatic heterocycles. The first-order valence-electron chi connectivity index (χ1n) is 12.9. The molecule has 9 nitrogen and oxygen atoms in total. The van der Waals surface area contributed by atoms with Crippen molar-refractivity contribution in [2.24, 2.45) is 0 Å². The maximum Gasteiger partial charge on any atom is 0.338 e. The van der Waals surface area contributed by atoms with Crippen LogP contribution < -0.4 is 9.64 Å². The van der Waals surface area contributed by atoms with Gasteiger partial charge in [-0.05, 0) is 60.7 Å². The van der Waals surface area contributed by atoms with E-state index in [4.69, 9.17) is 21.1 Å². The summed E-state index contributed by atoms with van der Waals surface area (Å²) in [5, 5.41) is 9.43. The third-order valence-corrected chi connectivity index (χ3v) is 8.11. The van der Waals surface area contributed by atoms with Gasteiger partial charge in [-0.25, -0.2) is 14.7 Å². The van der Waals surface area contributed by atoms with Crippen LogP contribution in [-0.2, 0) is 14.3 Å². The molecule has 43 heavy (non-hydrogen) atoms. The second-order valence-electron chi connectivity index (χ2n) is 9.27. The molecule has 1 fully saturated rings. The summed E-state index contributed by atoms with van der Waals surface area (Å²) in [4.78, 5) is 56.8. The van der Waals surface area contributed by atoms with Crippen molar-refractivity contribution in [2.45, 2.75) is 16.7 Å². The number of thioether (sulfide) groups is 1. The summed E-state index contributed by atoms with van der Waals surface area (Å²) in [6.07, 6.45) is -0.0944. The zero-order chi connectivity index (χ0) is 30.5. The minimum absolute atomic E-state index is 0.0944. The average molecular weight is 612 g/mol. The number of hydrogen-bond donors (Lipinski definition) is 0. The highest BCUT2D eigenvalue weighted by atomic mass is 35.5. The minimum atomic E-state index is -0.805. The monoisotopic (exact) mass is 611 g/mol. The molecule has 5 rings (SSSR count). The van der Waals surface area contributed by atoms with Crippen LogP contribution in [0.3, 0.4) is 0 Å². The van der Waals surface area contributed by atoms with E-state index in [0.717, 1.165) is 22.2 Å². The standard InChI is InChI=1S/C32H22ClN3O6S/c1-41-27-9-5-3-7-23(27)25-15-12-20(17-34)30(35-25)43-28-16-29(38)36(31(28)39)21-13-10-19(11-14-21)32(40)42-18-26(37)22-6-2-4-8-24(22)33/h2-15,28H,16,18H2,1H3. The molecule has 1 saturated heterocycles. The van der Waals surface area contributed by atoms with Crippen LogP contribution in [0, 0.1) is 11.3 Å². The molecular weight excluding hydrogens is 590 g/mol. The van der Waals surface area contributed by atoms with E-state index in [2.05, 4.69) is 11.1 Å². The number of rotatable bonds is 9. The number of amides is 2. The summed E-state index contributed by atoms with van der Waals surface area (Å²) in [5.41, 5.74) is 2.21. The van der Waals surface area contributed by atoms with Crippen LogP contribution in [0.1, 0.15) is 32.7 Å². The Morgan fingerprint density at radius 1 is 1.02 bits per heavy atom. The van der Waals surface area contributed by atoms with Gasteiger partial charge in [0.25, 0.3) is 0 Å². The van der Waals surface area contributed by atoms with Crippen LogP contribution in [0.25, 0.3) is 11.3 Å². The fourth-order valence-corrected chi connectivity index (χ4v) is 5.78. The number of pyridine rings is 1. The molecule has 0 radical (unpaired) electrons. The molecule has 2 heterocycles. The number of anilines is 1.